The highest BCUT2D eigenvalue weighted by molar-refractivity contribution is 7.87. The lowest BCUT2D eigenvalue weighted by molar-refractivity contribution is -0.136. The summed E-state index contributed by atoms with van der Waals surface area (Å²) in [5, 5.41) is 0. The number of rotatable bonds is 7. The summed E-state index contributed by atoms with van der Waals surface area (Å²) >= 11 is 0. The lowest BCUT2D eigenvalue weighted by Gasteiger charge is -2.28. The smallest absolute Gasteiger partial charge is 0.308 e. The van der Waals surface area contributed by atoms with E-state index in [1.165, 1.54) is 6.92 Å². The summed E-state index contributed by atoms with van der Waals surface area (Å²) in [5.41, 5.74) is 0.934. The molecule has 124 valence electrons. The number of benzene rings is 1. The van der Waals surface area contributed by atoms with Crippen molar-refractivity contribution in [1.29, 1.82) is 0 Å². The predicted octanol–water partition coefficient (Wildman–Crippen LogP) is 2.81. The topological polar surface area (TPSA) is 63.7 Å². The molecule has 1 aromatic carbocycles. The second-order valence-electron chi connectivity index (χ2n) is 5.79. The van der Waals surface area contributed by atoms with Crippen LogP contribution in [0, 0.1) is 5.92 Å². The standard InChI is InChI=1S/C16H25NO4S/c1-6-22(19,20)21-15-9-7-14(8-10-15)11-17(13(4)5)16(18)12(2)3/h7-10,12-13H,6,11H2,1-5H3. The molecule has 0 fully saturated rings. The lowest BCUT2D eigenvalue weighted by atomic mass is 10.1. The molecule has 0 aromatic heterocycles. The van der Waals surface area contributed by atoms with Crippen LogP contribution in [0.3, 0.4) is 0 Å². The van der Waals surface area contributed by atoms with Crippen molar-refractivity contribution in [1.82, 2.24) is 4.90 Å². The van der Waals surface area contributed by atoms with Gasteiger partial charge < -0.3 is 9.08 Å². The molecule has 6 heteroatoms. The maximum absolute atomic E-state index is 12.2. The third kappa shape index (κ3) is 5.33. The van der Waals surface area contributed by atoms with Gasteiger partial charge in [0.25, 0.3) is 0 Å². The van der Waals surface area contributed by atoms with Crippen molar-refractivity contribution in [2.45, 2.75) is 47.2 Å². The molecular formula is C16H25NO4S. The van der Waals surface area contributed by atoms with E-state index in [2.05, 4.69) is 0 Å². The molecular weight excluding hydrogens is 302 g/mol. The van der Waals surface area contributed by atoms with Gasteiger partial charge in [-0.05, 0) is 38.5 Å². The normalized spacial score (nSPS) is 11.8. The molecule has 0 radical (unpaired) electrons. The second kappa shape index (κ2) is 7.63. The first-order valence-corrected chi connectivity index (χ1v) is 9.05. The summed E-state index contributed by atoms with van der Waals surface area (Å²) in [4.78, 5) is 14.0. The van der Waals surface area contributed by atoms with E-state index < -0.39 is 10.1 Å². The van der Waals surface area contributed by atoms with E-state index in [1.807, 2.05) is 32.6 Å². The summed E-state index contributed by atoms with van der Waals surface area (Å²) in [6, 6.07) is 6.89. The highest BCUT2D eigenvalue weighted by Gasteiger charge is 2.20. The minimum atomic E-state index is -3.51. The van der Waals surface area contributed by atoms with Crippen molar-refractivity contribution >= 4 is 16.0 Å². The second-order valence-corrected chi connectivity index (χ2v) is 7.65. The molecule has 0 N–H and O–H groups in total. The maximum Gasteiger partial charge on any atom is 0.308 e. The van der Waals surface area contributed by atoms with Crippen LogP contribution in [0.1, 0.15) is 40.2 Å². The number of carbonyl (C=O) groups excluding carboxylic acids is 1. The van der Waals surface area contributed by atoms with Crippen LogP contribution in [0.15, 0.2) is 24.3 Å². The number of hydrogen-bond donors (Lipinski definition) is 0. The van der Waals surface area contributed by atoms with Gasteiger partial charge in [-0.25, -0.2) is 0 Å². The van der Waals surface area contributed by atoms with Crippen molar-refractivity contribution in [2.24, 2.45) is 5.92 Å². The average molecular weight is 327 g/mol. The van der Waals surface area contributed by atoms with Gasteiger partial charge in [0.05, 0.1) is 5.75 Å². The zero-order valence-corrected chi connectivity index (χ0v) is 14.7. The van der Waals surface area contributed by atoms with Crippen molar-refractivity contribution in [3.63, 3.8) is 0 Å². The molecule has 1 aromatic rings. The first kappa shape index (κ1) is 18.5. The average Bonchev–Trinajstić information content (AvgIpc) is 2.45. The lowest BCUT2D eigenvalue weighted by Crippen LogP contribution is -2.38. The fourth-order valence-corrected chi connectivity index (χ4v) is 2.42. The molecule has 0 heterocycles. The molecule has 0 aliphatic carbocycles. The van der Waals surface area contributed by atoms with Crippen LogP contribution in [-0.2, 0) is 21.5 Å². The quantitative estimate of drug-likeness (QED) is 0.722. The van der Waals surface area contributed by atoms with Crippen LogP contribution in [0.25, 0.3) is 0 Å². The van der Waals surface area contributed by atoms with Crippen molar-refractivity contribution in [3.05, 3.63) is 29.8 Å². The number of nitrogens with zero attached hydrogens (tertiary/aromatic N) is 1. The van der Waals surface area contributed by atoms with E-state index in [0.717, 1.165) is 5.56 Å². The van der Waals surface area contributed by atoms with E-state index in [-0.39, 0.29) is 29.4 Å². The molecule has 0 atom stereocenters. The molecule has 0 unspecified atom stereocenters. The minimum Gasteiger partial charge on any atom is -0.382 e. The summed E-state index contributed by atoms with van der Waals surface area (Å²) < 4.78 is 27.8. The van der Waals surface area contributed by atoms with Crippen molar-refractivity contribution in [2.75, 3.05) is 5.75 Å². The largest absolute Gasteiger partial charge is 0.382 e. The van der Waals surface area contributed by atoms with Crippen molar-refractivity contribution < 1.29 is 17.4 Å². The van der Waals surface area contributed by atoms with E-state index in [0.29, 0.717) is 6.54 Å². The third-order valence-corrected chi connectivity index (χ3v) is 4.41. The first-order valence-electron chi connectivity index (χ1n) is 7.48. The number of amides is 1. The van der Waals surface area contributed by atoms with Crippen LogP contribution < -0.4 is 4.18 Å². The Morgan fingerprint density at radius 2 is 1.68 bits per heavy atom. The Kier molecular flexibility index (Phi) is 6.41. The van der Waals surface area contributed by atoms with Gasteiger partial charge in [0, 0.05) is 18.5 Å². The summed E-state index contributed by atoms with van der Waals surface area (Å²) in [7, 11) is -3.51. The number of carbonyl (C=O) groups is 1. The fraction of sp³-hybridized carbons (Fsp3) is 0.562. The third-order valence-electron chi connectivity index (χ3n) is 3.25. The van der Waals surface area contributed by atoms with Gasteiger partial charge in [-0.2, -0.15) is 8.42 Å². The zero-order valence-electron chi connectivity index (χ0n) is 13.9. The van der Waals surface area contributed by atoms with E-state index in [4.69, 9.17) is 4.18 Å². The molecule has 0 aliphatic heterocycles. The monoisotopic (exact) mass is 327 g/mol. The van der Waals surface area contributed by atoms with Gasteiger partial charge in [0.1, 0.15) is 5.75 Å². The van der Waals surface area contributed by atoms with Gasteiger partial charge in [-0.3, -0.25) is 4.79 Å². The molecule has 0 saturated carbocycles. The predicted molar refractivity (Wildman–Crippen MR) is 87.1 cm³/mol. The van der Waals surface area contributed by atoms with Gasteiger partial charge >= 0.3 is 10.1 Å². The molecule has 1 amide bonds. The first-order chi connectivity index (χ1) is 10.2. The number of hydrogen-bond acceptors (Lipinski definition) is 4. The van der Waals surface area contributed by atoms with Gasteiger partial charge in [-0.15, -0.1) is 0 Å². The van der Waals surface area contributed by atoms with E-state index in [9.17, 15) is 13.2 Å². The summed E-state index contributed by atoms with van der Waals surface area (Å²) in [6.07, 6.45) is 0. The minimum absolute atomic E-state index is 0.0558. The Hall–Kier alpha value is -1.56. The summed E-state index contributed by atoms with van der Waals surface area (Å²) in [6.45, 7) is 9.74. The highest BCUT2D eigenvalue weighted by Crippen LogP contribution is 2.17. The maximum atomic E-state index is 12.2. The highest BCUT2D eigenvalue weighted by atomic mass is 32.2. The van der Waals surface area contributed by atoms with Crippen LogP contribution >= 0.6 is 0 Å². The Morgan fingerprint density at radius 3 is 2.09 bits per heavy atom. The molecule has 22 heavy (non-hydrogen) atoms. The van der Waals surface area contributed by atoms with Crippen LogP contribution in [-0.4, -0.2) is 31.0 Å². The Morgan fingerprint density at radius 1 is 1.14 bits per heavy atom. The Balaban J connectivity index is 2.84. The molecule has 0 aliphatic rings. The van der Waals surface area contributed by atoms with Crippen LogP contribution in [0.2, 0.25) is 0 Å². The molecule has 0 bridgehead atoms. The van der Waals surface area contributed by atoms with Crippen LogP contribution in [0.5, 0.6) is 5.75 Å². The van der Waals surface area contributed by atoms with Gasteiger partial charge in [0.15, 0.2) is 0 Å². The SMILES string of the molecule is CCS(=O)(=O)Oc1ccc(CN(C(=O)C(C)C)C(C)C)cc1. The summed E-state index contributed by atoms with van der Waals surface area (Å²) in [5.74, 6) is 0.263. The Bertz CT molecular complexity index is 591. The Labute approximate surface area is 133 Å². The molecule has 0 saturated heterocycles. The molecule has 1 rings (SSSR count). The van der Waals surface area contributed by atoms with Gasteiger partial charge in [0.2, 0.25) is 5.91 Å². The zero-order chi connectivity index (χ0) is 16.9. The van der Waals surface area contributed by atoms with Crippen LogP contribution in [0.4, 0.5) is 0 Å². The molecule has 5 nitrogen and oxygen atoms in total. The van der Waals surface area contributed by atoms with E-state index >= 15 is 0 Å². The van der Waals surface area contributed by atoms with Gasteiger partial charge in [-0.1, -0.05) is 26.0 Å². The molecule has 0 spiro atoms. The van der Waals surface area contributed by atoms with Crippen molar-refractivity contribution in [3.8, 4) is 5.75 Å². The van der Waals surface area contributed by atoms with E-state index in [1.54, 1.807) is 24.3 Å². The fourth-order valence-electron chi connectivity index (χ4n) is 1.90.